The molecule has 0 unspecified atom stereocenters. The highest BCUT2D eigenvalue weighted by atomic mass is 36.0. The summed E-state index contributed by atoms with van der Waals surface area (Å²) in [5, 5.41) is 0.784. The normalized spacial score (nSPS) is 10.7. The quantitative estimate of drug-likeness (QED) is 0.359. The number of alkyl halides is 1. The van der Waals surface area contributed by atoms with E-state index in [-0.39, 0.29) is 6.07 Å². The average molecular weight is 354 g/mol. The second kappa shape index (κ2) is 9.17. The molecular weight excluding hydrogens is 343 g/mol. The van der Waals surface area contributed by atoms with Crippen molar-refractivity contribution in [3.05, 3.63) is 17.5 Å². The number of aromatic nitrogens is 2. The van der Waals surface area contributed by atoms with E-state index in [4.69, 9.17) is 24.8 Å². The van der Waals surface area contributed by atoms with Crippen LogP contribution in [0, 0.1) is 6.92 Å². The lowest BCUT2D eigenvalue weighted by Gasteiger charge is -2.04. The first-order valence-corrected chi connectivity index (χ1v) is 9.31. The fourth-order valence-electron chi connectivity index (χ4n) is 0.859. The fraction of sp³-hybridized carbons (Fsp3) is 0.500. The zero-order valence-electron chi connectivity index (χ0n) is 9.56. The van der Waals surface area contributed by atoms with Gasteiger partial charge >= 0.3 is 8.26 Å². The van der Waals surface area contributed by atoms with Gasteiger partial charge in [-0.3, -0.25) is 0 Å². The smallest absolute Gasteiger partial charge is 0.317 e. The van der Waals surface area contributed by atoms with Crippen molar-refractivity contribution in [3.8, 4) is 0 Å². The second-order valence-electron chi connectivity index (χ2n) is 2.80. The van der Waals surface area contributed by atoms with Gasteiger partial charge in [0.2, 0.25) is 0 Å². The van der Waals surface area contributed by atoms with Crippen molar-refractivity contribution in [2.45, 2.75) is 18.7 Å². The first kappa shape index (κ1) is 18.2. The Balaban J connectivity index is 0.000000494. The molecule has 0 amide bonds. The lowest BCUT2D eigenvalue weighted by molar-refractivity contribution is 0.164. The van der Waals surface area contributed by atoms with Gasteiger partial charge in [0.05, 0.1) is 6.61 Å². The molecule has 1 aromatic rings. The number of thioether (sulfide) groups is 1. The van der Waals surface area contributed by atoms with E-state index in [1.165, 1.54) is 11.8 Å². The van der Waals surface area contributed by atoms with E-state index in [1.807, 2.05) is 13.2 Å². The predicted octanol–water partition coefficient (Wildman–Crippen LogP) is 2.93. The van der Waals surface area contributed by atoms with Crippen molar-refractivity contribution in [2.24, 2.45) is 0 Å². The topological polar surface area (TPSA) is 69.2 Å². The summed E-state index contributed by atoms with van der Waals surface area (Å²) in [5.41, 5.74) is 1.93. The Bertz CT molecular complexity index is 463. The van der Waals surface area contributed by atoms with Crippen molar-refractivity contribution < 1.29 is 13.2 Å². The Kier molecular flexibility index (Phi) is 9.27. The first-order chi connectivity index (χ1) is 8.27. The van der Waals surface area contributed by atoms with Crippen molar-refractivity contribution in [1.82, 2.24) is 9.97 Å². The molecule has 1 heterocycles. The molecule has 18 heavy (non-hydrogen) atoms. The molecular formula is C8H11Cl3N2O3S2. The monoisotopic (exact) mass is 352 g/mol. The summed E-state index contributed by atoms with van der Waals surface area (Å²) in [7, 11) is 4.81. The molecule has 0 aliphatic heterocycles. The summed E-state index contributed by atoms with van der Waals surface area (Å²) in [6.45, 7) is 2.41. The van der Waals surface area contributed by atoms with E-state index in [1.54, 1.807) is 6.20 Å². The van der Waals surface area contributed by atoms with E-state index in [0.717, 1.165) is 16.4 Å². The molecule has 10 heteroatoms. The van der Waals surface area contributed by atoms with Crippen LogP contribution in [0.2, 0.25) is 0 Å². The second-order valence-corrected chi connectivity index (χ2v) is 7.46. The highest BCUT2D eigenvalue weighted by Gasteiger charge is 2.01. The SMILES string of the molecule is CSc1ncc(COCCl)c(C)n1.O=S(=O)(Cl)Cl. The summed E-state index contributed by atoms with van der Waals surface area (Å²) in [5.74, 6) is 0. The van der Waals surface area contributed by atoms with E-state index in [2.05, 4.69) is 31.3 Å². The van der Waals surface area contributed by atoms with Gasteiger partial charge in [-0.1, -0.05) is 23.4 Å². The third kappa shape index (κ3) is 10.2. The average Bonchev–Trinajstić information content (AvgIpc) is 2.25. The summed E-state index contributed by atoms with van der Waals surface area (Å²) in [4.78, 5) is 8.41. The third-order valence-corrected chi connectivity index (χ3v) is 2.29. The first-order valence-electron chi connectivity index (χ1n) is 4.42. The van der Waals surface area contributed by atoms with Crippen LogP contribution in [0.3, 0.4) is 0 Å². The lowest BCUT2D eigenvalue weighted by Crippen LogP contribution is -1.99. The van der Waals surface area contributed by atoms with Crippen molar-refractivity contribution in [2.75, 3.05) is 12.3 Å². The lowest BCUT2D eigenvalue weighted by atomic mass is 10.3. The van der Waals surface area contributed by atoms with Crippen molar-refractivity contribution >= 4 is 53.0 Å². The van der Waals surface area contributed by atoms with Gasteiger partial charge in [0.1, 0.15) is 6.07 Å². The maximum atomic E-state index is 9.16. The van der Waals surface area contributed by atoms with E-state index in [0.29, 0.717) is 6.61 Å². The van der Waals surface area contributed by atoms with Gasteiger partial charge in [-0.05, 0) is 13.2 Å². The van der Waals surface area contributed by atoms with Crippen molar-refractivity contribution in [3.63, 3.8) is 0 Å². The minimum atomic E-state index is -3.72. The molecule has 0 spiro atoms. The molecule has 1 aromatic heterocycles. The summed E-state index contributed by atoms with van der Waals surface area (Å²) in [6, 6.07) is 0.198. The van der Waals surface area contributed by atoms with E-state index < -0.39 is 8.26 Å². The molecule has 0 aliphatic rings. The zero-order chi connectivity index (χ0) is 14.2. The van der Waals surface area contributed by atoms with Crippen LogP contribution in [-0.4, -0.2) is 30.7 Å². The summed E-state index contributed by atoms with van der Waals surface area (Å²) < 4.78 is 23.4. The number of halogens is 3. The number of hydrogen-bond acceptors (Lipinski definition) is 6. The number of hydrogen-bond donors (Lipinski definition) is 0. The molecule has 0 fully saturated rings. The van der Waals surface area contributed by atoms with Gasteiger partial charge < -0.3 is 4.74 Å². The van der Waals surface area contributed by atoms with Crippen LogP contribution in [0.25, 0.3) is 0 Å². The minimum Gasteiger partial charge on any atom is -0.361 e. The van der Waals surface area contributed by atoms with Crippen molar-refractivity contribution in [1.29, 1.82) is 0 Å². The Morgan fingerprint density at radius 1 is 1.44 bits per heavy atom. The Hall–Kier alpha value is 0.210. The molecule has 0 aliphatic carbocycles. The largest absolute Gasteiger partial charge is 0.361 e. The molecule has 104 valence electrons. The van der Waals surface area contributed by atoms with E-state index >= 15 is 0 Å². The van der Waals surface area contributed by atoms with Crippen LogP contribution >= 0.6 is 44.7 Å². The minimum absolute atomic E-state index is 0.198. The number of rotatable bonds is 4. The summed E-state index contributed by atoms with van der Waals surface area (Å²) in [6.07, 6.45) is 3.73. The molecule has 0 saturated carbocycles. The molecule has 0 radical (unpaired) electrons. The number of aryl methyl sites for hydroxylation is 1. The van der Waals surface area contributed by atoms with Crippen LogP contribution < -0.4 is 0 Å². The zero-order valence-corrected chi connectivity index (χ0v) is 13.5. The van der Waals surface area contributed by atoms with Gasteiger partial charge in [-0.25, -0.2) is 9.97 Å². The van der Waals surface area contributed by atoms with Gasteiger partial charge in [0.25, 0.3) is 0 Å². The van der Waals surface area contributed by atoms with Crippen LogP contribution in [0.1, 0.15) is 11.3 Å². The maximum Gasteiger partial charge on any atom is 0.317 e. The van der Waals surface area contributed by atoms with Gasteiger partial charge in [0.15, 0.2) is 5.16 Å². The molecule has 0 aromatic carbocycles. The molecule has 0 saturated heterocycles. The fourth-order valence-corrected chi connectivity index (χ4v) is 1.32. The van der Waals surface area contributed by atoms with Crippen LogP contribution in [0.15, 0.2) is 11.4 Å². The third-order valence-electron chi connectivity index (χ3n) is 1.58. The van der Waals surface area contributed by atoms with Crippen LogP contribution in [0.5, 0.6) is 0 Å². The van der Waals surface area contributed by atoms with Crippen LogP contribution in [0.4, 0.5) is 0 Å². The van der Waals surface area contributed by atoms with Gasteiger partial charge in [0, 0.05) is 38.8 Å². The maximum absolute atomic E-state index is 9.16. The molecule has 5 nitrogen and oxygen atoms in total. The Morgan fingerprint density at radius 3 is 2.39 bits per heavy atom. The Morgan fingerprint density at radius 2 is 2.00 bits per heavy atom. The molecule has 0 N–H and O–H groups in total. The molecule has 0 bridgehead atoms. The molecule has 1 rings (SSSR count). The number of nitrogens with zero attached hydrogens (tertiary/aromatic N) is 2. The number of ether oxygens (including phenoxy) is 1. The van der Waals surface area contributed by atoms with Gasteiger partial charge in [-0.15, -0.1) is 0 Å². The Labute approximate surface area is 124 Å². The highest BCUT2D eigenvalue weighted by molar-refractivity contribution is 8.31. The highest BCUT2D eigenvalue weighted by Crippen LogP contribution is 2.11. The van der Waals surface area contributed by atoms with E-state index in [9.17, 15) is 0 Å². The van der Waals surface area contributed by atoms with Gasteiger partial charge in [-0.2, -0.15) is 8.42 Å². The predicted molar refractivity (Wildman–Crippen MR) is 74.7 cm³/mol. The van der Waals surface area contributed by atoms with Crippen LogP contribution in [-0.2, 0) is 19.6 Å². The summed E-state index contributed by atoms with van der Waals surface area (Å²) >= 11 is 6.92. The standard InChI is InChI=1S/C8H11ClN2OS.Cl2O2S/c1-6-7(4-12-5-9)3-10-8(11-6)13-2;1-5(2,3)4/h3H,4-5H2,1-2H3;. The molecule has 0 atom stereocenters.